The molecule has 100 valence electrons. The van der Waals surface area contributed by atoms with Crippen LogP contribution in [0.4, 0.5) is 5.69 Å². The summed E-state index contributed by atoms with van der Waals surface area (Å²) >= 11 is 0. The molecule has 0 spiro atoms. The fourth-order valence-electron chi connectivity index (χ4n) is 1.77. The molecule has 0 fully saturated rings. The Labute approximate surface area is 114 Å². The minimum Gasteiger partial charge on any atom is -0.381 e. The smallest absolute Gasteiger partial charge is 0.178 e. The zero-order chi connectivity index (χ0) is 13.7. The van der Waals surface area contributed by atoms with Crippen molar-refractivity contribution in [3.63, 3.8) is 0 Å². The van der Waals surface area contributed by atoms with Crippen LogP contribution in [-0.4, -0.2) is 14.2 Å². The molecule has 0 heterocycles. The van der Waals surface area contributed by atoms with Crippen molar-refractivity contribution in [1.29, 1.82) is 0 Å². The van der Waals surface area contributed by atoms with Crippen molar-refractivity contribution in [2.24, 2.45) is 0 Å². The van der Waals surface area contributed by atoms with Crippen molar-refractivity contribution < 1.29 is 8.42 Å². The molecule has 0 saturated heterocycles. The van der Waals surface area contributed by atoms with Crippen LogP contribution in [-0.2, 0) is 16.4 Å². The van der Waals surface area contributed by atoms with E-state index in [0.29, 0.717) is 11.4 Å². The summed E-state index contributed by atoms with van der Waals surface area (Å²) in [6.45, 7) is 2.33. The molecule has 0 unspecified atom stereocenters. The summed E-state index contributed by atoms with van der Waals surface area (Å²) in [6.07, 6.45) is 0. The molecule has 0 aliphatic heterocycles. The molecule has 0 bridgehead atoms. The van der Waals surface area contributed by atoms with Crippen molar-refractivity contribution in [1.82, 2.24) is 0 Å². The minimum atomic E-state index is -3.14. The maximum Gasteiger partial charge on any atom is 0.178 e. The quantitative estimate of drug-likeness (QED) is 0.912. The summed E-state index contributed by atoms with van der Waals surface area (Å²) in [6, 6.07) is 16.9. The third kappa shape index (κ3) is 3.58. The molecule has 2 aromatic carbocycles. The van der Waals surface area contributed by atoms with Crippen LogP contribution in [0.5, 0.6) is 0 Å². The third-order valence-corrected chi connectivity index (χ3v) is 4.64. The predicted molar refractivity (Wildman–Crippen MR) is 77.9 cm³/mol. The molecule has 2 aromatic rings. The molecule has 2 rings (SSSR count). The van der Waals surface area contributed by atoms with Gasteiger partial charge in [0.1, 0.15) is 0 Å². The molecule has 19 heavy (non-hydrogen) atoms. The van der Waals surface area contributed by atoms with Gasteiger partial charge < -0.3 is 5.32 Å². The zero-order valence-corrected chi connectivity index (χ0v) is 11.7. The van der Waals surface area contributed by atoms with E-state index in [1.807, 2.05) is 36.4 Å². The second kappa shape index (κ2) is 5.89. The van der Waals surface area contributed by atoms with E-state index >= 15 is 0 Å². The van der Waals surface area contributed by atoms with E-state index in [1.54, 1.807) is 25.1 Å². The molecular weight excluding hydrogens is 258 g/mol. The largest absolute Gasteiger partial charge is 0.381 e. The van der Waals surface area contributed by atoms with Gasteiger partial charge in [0.25, 0.3) is 0 Å². The molecule has 0 radical (unpaired) electrons. The summed E-state index contributed by atoms with van der Waals surface area (Å²) in [5, 5.41) is 3.23. The molecule has 0 amide bonds. The van der Waals surface area contributed by atoms with Gasteiger partial charge in [0, 0.05) is 12.2 Å². The van der Waals surface area contributed by atoms with Gasteiger partial charge in [0.2, 0.25) is 0 Å². The molecule has 3 nitrogen and oxygen atoms in total. The van der Waals surface area contributed by atoms with Crippen molar-refractivity contribution in [3.05, 3.63) is 60.2 Å². The number of hydrogen-bond acceptors (Lipinski definition) is 3. The van der Waals surface area contributed by atoms with E-state index in [1.165, 1.54) is 0 Å². The van der Waals surface area contributed by atoms with Crippen molar-refractivity contribution in [2.75, 3.05) is 11.1 Å². The minimum absolute atomic E-state index is 0.120. The van der Waals surface area contributed by atoms with E-state index in [0.717, 1.165) is 11.3 Å². The lowest BCUT2D eigenvalue weighted by atomic mass is 10.2. The zero-order valence-electron chi connectivity index (χ0n) is 10.8. The Bertz CT molecular complexity index is 636. The monoisotopic (exact) mass is 275 g/mol. The molecule has 0 aliphatic rings. The van der Waals surface area contributed by atoms with Gasteiger partial charge in [-0.15, -0.1) is 0 Å². The molecular formula is C15H17NO2S. The average molecular weight is 275 g/mol. The molecule has 0 atom stereocenters. The van der Waals surface area contributed by atoms with Gasteiger partial charge in [0.05, 0.1) is 10.6 Å². The van der Waals surface area contributed by atoms with Crippen molar-refractivity contribution in [3.8, 4) is 0 Å². The number of sulfone groups is 1. The highest BCUT2D eigenvalue weighted by Gasteiger charge is 2.11. The lowest BCUT2D eigenvalue weighted by Crippen LogP contribution is -2.05. The van der Waals surface area contributed by atoms with Crippen LogP contribution in [0.2, 0.25) is 0 Å². The second-order valence-electron chi connectivity index (χ2n) is 4.27. The fourth-order valence-corrected chi connectivity index (χ4v) is 2.69. The van der Waals surface area contributed by atoms with Crippen LogP contribution in [0.15, 0.2) is 59.5 Å². The van der Waals surface area contributed by atoms with Gasteiger partial charge >= 0.3 is 0 Å². The lowest BCUT2D eigenvalue weighted by Gasteiger charge is -2.08. The Hall–Kier alpha value is -1.81. The normalized spacial score (nSPS) is 11.2. The highest BCUT2D eigenvalue weighted by atomic mass is 32.2. The van der Waals surface area contributed by atoms with E-state index in [9.17, 15) is 8.42 Å². The molecule has 0 aromatic heterocycles. The van der Waals surface area contributed by atoms with Crippen molar-refractivity contribution >= 4 is 15.5 Å². The molecule has 1 N–H and O–H groups in total. The number of hydrogen-bond donors (Lipinski definition) is 1. The molecule has 0 aliphatic carbocycles. The second-order valence-corrected chi connectivity index (χ2v) is 6.55. The summed E-state index contributed by atoms with van der Waals surface area (Å²) in [7, 11) is -3.14. The highest BCUT2D eigenvalue weighted by molar-refractivity contribution is 7.91. The number of rotatable bonds is 5. The first-order valence-electron chi connectivity index (χ1n) is 6.22. The van der Waals surface area contributed by atoms with Gasteiger partial charge in [-0.2, -0.15) is 0 Å². The van der Waals surface area contributed by atoms with Crippen LogP contribution >= 0.6 is 0 Å². The van der Waals surface area contributed by atoms with E-state index in [2.05, 4.69) is 5.32 Å². The number of anilines is 1. The van der Waals surface area contributed by atoms with Crippen LogP contribution < -0.4 is 5.32 Å². The van der Waals surface area contributed by atoms with E-state index < -0.39 is 9.84 Å². The fraction of sp³-hybridized carbons (Fsp3) is 0.200. The Morgan fingerprint density at radius 2 is 1.74 bits per heavy atom. The van der Waals surface area contributed by atoms with Gasteiger partial charge in [-0.3, -0.25) is 0 Å². The van der Waals surface area contributed by atoms with Crippen LogP contribution in [0.25, 0.3) is 0 Å². The summed E-state index contributed by atoms with van der Waals surface area (Å²) < 4.78 is 23.6. The number of nitrogens with one attached hydrogen (secondary N) is 1. The van der Waals surface area contributed by atoms with Gasteiger partial charge in [-0.05, 0) is 23.8 Å². The maximum absolute atomic E-state index is 11.8. The SMILES string of the molecule is CCS(=O)(=O)c1cccc(NCc2ccccc2)c1. The first kappa shape index (κ1) is 13.6. The van der Waals surface area contributed by atoms with E-state index in [-0.39, 0.29) is 5.75 Å². The van der Waals surface area contributed by atoms with E-state index in [4.69, 9.17) is 0 Å². The standard InChI is InChI=1S/C15H17NO2S/c1-2-19(17,18)15-10-6-9-14(11-15)16-12-13-7-4-3-5-8-13/h3-11,16H,2,12H2,1H3. The molecule has 0 saturated carbocycles. The highest BCUT2D eigenvalue weighted by Crippen LogP contribution is 2.17. The Kier molecular flexibility index (Phi) is 4.22. The van der Waals surface area contributed by atoms with Gasteiger partial charge in [-0.1, -0.05) is 43.3 Å². The predicted octanol–water partition coefficient (Wildman–Crippen LogP) is 3.09. The first-order valence-corrected chi connectivity index (χ1v) is 7.87. The Morgan fingerprint density at radius 1 is 1.00 bits per heavy atom. The van der Waals surface area contributed by atoms with Gasteiger partial charge in [-0.25, -0.2) is 8.42 Å². The lowest BCUT2D eigenvalue weighted by molar-refractivity contribution is 0.597. The Morgan fingerprint density at radius 3 is 2.42 bits per heavy atom. The summed E-state index contributed by atoms with van der Waals surface area (Å²) in [5.41, 5.74) is 1.98. The van der Waals surface area contributed by atoms with Crippen molar-refractivity contribution in [2.45, 2.75) is 18.4 Å². The summed E-state index contributed by atoms with van der Waals surface area (Å²) in [4.78, 5) is 0.369. The molecule has 4 heteroatoms. The first-order chi connectivity index (χ1) is 9.12. The van der Waals surface area contributed by atoms with Crippen LogP contribution in [0.1, 0.15) is 12.5 Å². The van der Waals surface area contributed by atoms with Crippen LogP contribution in [0, 0.1) is 0 Å². The average Bonchev–Trinajstić information content (AvgIpc) is 2.46. The Balaban J connectivity index is 2.12. The maximum atomic E-state index is 11.8. The third-order valence-electron chi connectivity index (χ3n) is 2.91. The topological polar surface area (TPSA) is 46.2 Å². The summed E-state index contributed by atoms with van der Waals surface area (Å²) in [5.74, 6) is 0.120. The van der Waals surface area contributed by atoms with Gasteiger partial charge in [0.15, 0.2) is 9.84 Å². The number of benzene rings is 2. The van der Waals surface area contributed by atoms with Crippen LogP contribution in [0.3, 0.4) is 0 Å².